The Morgan fingerprint density at radius 2 is 0.789 bits per heavy atom. The maximum atomic E-state index is 5.19. The fourth-order valence-corrected chi connectivity index (χ4v) is 9.35. The molecule has 0 saturated carbocycles. The first kappa shape index (κ1) is 33.0. The van der Waals surface area contributed by atoms with Gasteiger partial charge in [0.1, 0.15) is 0 Å². The first-order chi connectivity index (χ1) is 28.2. The van der Waals surface area contributed by atoms with Crippen LogP contribution in [0, 0.1) is 0 Å². The van der Waals surface area contributed by atoms with Crippen molar-refractivity contribution in [3.05, 3.63) is 194 Å². The summed E-state index contributed by atoms with van der Waals surface area (Å²) in [6, 6.07) is 67.9. The summed E-state index contributed by atoms with van der Waals surface area (Å²) >= 11 is 1.86. The number of benzene rings is 8. The van der Waals surface area contributed by atoms with E-state index in [-0.39, 0.29) is 0 Å². The van der Waals surface area contributed by atoms with Gasteiger partial charge in [0.2, 0.25) is 0 Å². The van der Waals surface area contributed by atoms with E-state index < -0.39 is 0 Å². The summed E-state index contributed by atoms with van der Waals surface area (Å²) in [5, 5.41) is 6.08. The van der Waals surface area contributed by atoms with Crippen molar-refractivity contribution in [2.24, 2.45) is 0 Å². The Hall–Kier alpha value is -7.34. The number of hydrogen-bond acceptors (Lipinski definition) is 5. The Morgan fingerprint density at radius 3 is 1.53 bits per heavy atom. The monoisotopic (exact) mass is 744 g/mol. The highest BCUT2D eigenvalue weighted by atomic mass is 32.1. The molecule has 266 valence electrons. The summed E-state index contributed by atoms with van der Waals surface area (Å²) in [6.45, 7) is 0. The Labute approximate surface area is 333 Å². The molecule has 4 nitrogen and oxygen atoms in total. The molecule has 3 aromatic heterocycles. The van der Waals surface area contributed by atoms with Gasteiger partial charge in [0.15, 0.2) is 17.5 Å². The van der Waals surface area contributed by atoms with Gasteiger partial charge in [-0.15, -0.1) is 11.3 Å². The molecule has 0 aliphatic carbocycles. The minimum absolute atomic E-state index is 0.634. The first-order valence-electron chi connectivity index (χ1n) is 19.1. The fourth-order valence-electron chi connectivity index (χ4n) is 7.95. The summed E-state index contributed by atoms with van der Waals surface area (Å²) < 4.78 is 2.52. The Balaban J connectivity index is 1.06. The lowest BCUT2D eigenvalue weighted by Crippen LogP contribution is -2.00. The molecule has 0 bridgehead atoms. The molecule has 0 saturated heterocycles. The minimum atomic E-state index is 0.634. The summed E-state index contributed by atoms with van der Waals surface area (Å²) in [4.78, 5) is 20.4. The zero-order valence-corrected chi connectivity index (χ0v) is 31.5. The predicted octanol–water partition coefficient (Wildman–Crippen LogP) is 13.9. The van der Waals surface area contributed by atoms with Gasteiger partial charge in [-0.05, 0) is 34.4 Å². The van der Waals surface area contributed by atoms with Crippen LogP contribution in [0.2, 0.25) is 0 Å². The first-order valence-corrected chi connectivity index (χ1v) is 19.9. The number of fused-ring (bicyclic) bond motifs is 7. The fraction of sp³-hybridized carbons (Fsp3) is 0. The van der Waals surface area contributed by atoms with Crippen LogP contribution in [0.1, 0.15) is 0 Å². The Kier molecular flexibility index (Phi) is 7.97. The van der Waals surface area contributed by atoms with Crippen molar-refractivity contribution >= 4 is 53.2 Å². The molecular weight excluding hydrogens is 713 g/mol. The summed E-state index contributed by atoms with van der Waals surface area (Å²) in [5.41, 5.74) is 10.6. The highest BCUT2D eigenvalue weighted by molar-refractivity contribution is 7.27. The van der Waals surface area contributed by atoms with Crippen LogP contribution in [0.25, 0.3) is 110 Å². The van der Waals surface area contributed by atoms with E-state index in [4.69, 9.17) is 19.9 Å². The van der Waals surface area contributed by atoms with E-state index in [0.717, 1.165) is 50.0 Å². The van der Waals surface area contributed by atoms with Crippen molar-refractivity contribution in [2.45, 2.75) is 0 Å². The van der Waals surface area contributed by atoms with Crippen LogP contribution in [-0.2, 0) is 0 Å². The lowest BCUT2D eigenvalue weighted by molar-refractivity contribution is 1.07. The molecule has 0 fully saturated rings. The molecule has 0 aliphatic heterocycles. The van der Waals surface area contributed by atoms with Crippen molar-refractivity contribution in [1.29, 1.82) is 0 Å². The number of pyridine rings is 1. The molecule has 0 N–H and O–H groups in total. The van der Waals surface area contributed by atoms with Crippen molar-refractivity contribution in [1.82, 2.24) is 19.9 Å². The van der Waals surface area contributed by atoms with Crippen molar-refractivity contribution < 1.29 is 0 Å². The molecule has 8 aromatic carbocycles. The third-order valence-corrected chi connectivity index (χ3v) is 12.0. The SMILES string of the molecule is c1ccc(-c2ccc(-c3nc(-c4ccccc4)nc(-c4cccc(-c5cccc6c5sc5c6ccc6c(-c7ccccc7)nc7ccccc7c65)c4)n3)cc2)cc1. The standard InChI is InChI=1S/C52H32N4S/c1-4-14-33(15-5-1)34-26-28-37(29-27-34)51-54-50(36-18-8-3-9-19-36)55-52(56-51)39-21-12-20-38(32-39)40-23-13-24-41-42-30-31-44-46(49(42)57-48(40)41)43-22-10-11-25-45(43)53-47(44)35-16-6-2-7-17-35/h1-32H. The van der Waals surface area contributed by atoms with Crippen LogP contribution in [0.15, 0.2) is 194 Å². The van der Waals surface area contributed by atoms with Crippen LogP contribution in [-0.4, -0.2) is 19.9 Å². The maximum Gasteiger partial charge on any atom is 0.164 e. The van der Waals surface area contributed by atoms with Crippen molar-refractivity contribution in [3.63, 3.8) is 0 Å². The number of thiophene rings is 1. The second kappa shape index (κ2) is 13.7. The summed E-state index contributed by atoms with van der Waals surface area (Å²) in [5.74, 6) is 1.91. The molecule has 0 aliphatic rings. The van der Waals surface area contributed by atoms with Crippen LogP contribution >= 0.6 is 11.3 Å². The smallest absolute Gasteiger partial charge is 0.164 e. The van der Waals surface area contributed by atoms with Crippen LogP contribution in [0.3, 0.4) is 0 Å². The average molecular weight is 745 g/mol. The van der Waals surface area contributed by atoms with Crippen molar-refractivity contribution in [2.75, 3.05) is 0 Å². The van der Waals surface area contributed by atoms with E-state index in [1.54, 1.807) is 0 Å². The summed E-state index contributed by atoms with van der Waals surface area (Å²) in [7, 11) is 0. The zero-order valence-electron chi connectivity index (χ0n) is 30.7. The Bertz CT molecular complexity index is 3270. The number of para-hydroxylation sites is 1. The lowest BCUT2D eigenvalue weighted by atomic mass is 9.97. The van der Waals surface area contributed by atoms with Gasteiger partial charge in [0, 0.05) is 58.6 Å². The largest absolute Gasteiger partial charge is 0.247 e. The number of rotatable bonds is 6. The molecule has 0 amide bonds. The minimum Gasteiger partial charge on any atom is -0.247 e. The molecule has 5 heteroatoms. The highest BCUT2D eigenvalue weighted by Crippen LogP contribution is 2.46. The molecular formula is C52H32N4S. The third kappa shape index (κ3) is 5.84. The van der Waals surface area contributed by atoms with Gasteiger partial charge in [-0.2, -0.15) is 0 Å². The van der Waals surface area contributed by atoms with Crippen LogP contribution < -0.4 is 0 Å². The van der Waals surface area contributed by atoms with Crippen molar-refractivity contribution in [3.8, 4) is 67.7 Å². The van der Waals surface area contributed by atoms with E-state index in [9.17, 15) is 0 Å². The van der Waals surface area contributed by atoms with Gasteiger partial charge in [0.05, 0.1) is 11.2 Å². The molecule has 11 aromatic rings. The number of hydrogen-bond donors (Lipinski definition) is 0. The van der Waals surface area contributed by atoms with E-state index in [1.807, 2.05) is 47.7 Å². The Morgan fingerprint density at radius 1 is 0.298 bits per heavy atom. The van der Waals surface area contributed by atoms with E-state index in [2.05, 4.69) is 158 Å². The zero-order chi connectivity index (χ0) is 37.7. The molecule has 57 heavy (non-hydrogen) atoms. The second-order valence-corrected chi connectivity index (χ2v) is 15.2. The molecule has 0 unspecified atom stereocenters. The van der Waals surface area contributed by atoms with Gasteiger partial charge >= 0.3 is 0 Å². The van der Waals surface area contributed by atoms with Crippen LogP contribution in [0.4, 0.5) is 0 Å². The quantitative estimate of drug-likeness (QED) is 0.159. The highest BCUT2D eigenvalue weighted by Gasteiger charge is 2.19. The van der Waals surface area contributed by atoms with Gasteiger partial charge in [0.25, 0.3) is 0 Å². The van der Waals surface area contributed by atoms with E-state index in [0.29, 0.717) is 17.5 Å². The second-order valence-electron chi connectivity index (χ2n) is 14.2. The number of aromatic nitrogens is 4. The summed E-state index contributed by atoms with van der Waals surface area (Å²) in [6.07, 6.45) is 0. The maximum absolute atomic E-state index is 5.19. The van der Waals surface area contributed by atoms with Gasteiger partial charge in [-0.3, -0.25) is 0 Å². The van der Waals surface area contributed by atoms with Gasteiger partial charge in [-0.25, -0.2) is 19.9 Å². The topological polar surface area (TPSA) is 51.6 Å². The average Bonchev–Trinajstić information content (AvgIpc) is 3.69. The molecule has 0 spiro atoms. The predicted molar refractivity (Wildman–Crippen MR) is 238 cm³/mol. The normalized spacial score (nSPS) is 11.5. The van der Waals surface area contributed by atoms with E-state index in [1.165, 1.54) is 42.1 Å². The molecule has 0 atom stereocenters. The van der Waals surface area contributed by atoms with Gasteiger partial charge in [-0.1, -0.05) is 182 Å². The van der Waals surface area contributed by atoms with Crippen LogP contribution in [0.5, 0.6) is 0 Å². The van der Waals surface area contributed by atoms with E-state index >= 15 is 0 Å². The molecule has 3 heterocycles. The third-order valence-electron chi connectivity index (χ3n) is 10.7. The molecule has 11 rings (SSSR count). The lowest BCUT2D eigenvalue weighted by Gasteiger charge is -2.11. The number of nitrogens with zero attached hydrogens (tertiary/aromatic N) is 4. The molecule has 0 radical (unpaired) electrons. The van der Waals surface area contributed by atoms with Gasteiger partial charge < -0.3 is 0 Å².